The van der Waals surface area contributed by atoms with Gasteiger partial charge in [0.25, 0.3) is 15.9 Å². The fourth-order valence-electron chi connectivity index (χ4n) is 2.44. The van der Waals surface area contributed by atoms with Gasteiger partial charge in [-0.05, 0) is 31.4 Å². The summed E-state index contributed by atoms with van der Waals surface area (Å²) in [6.45, 7) is 3.24. The minimum atomic E-state index is -3.95. The van der Waals surface area contributed by atoms with Crippen LogP contribution in [0.4, 0.5) is 0 Å². The number of benzene rings is 1. The van der Waals surface area contributed by atoms with Crippen LogP contribution < -0.4 is 9.46 Å². The van der Waals surface area contributed by atoms with Crippen LogP contribution in [0.25, 0.3) is 0 Å². The molecule has 1 aromatic carbocycles. The molecule has 2 atom stereocenters. The highest BCUT2D eigenvalue weighted by Crippen LogP contribution is 2.25. The van der Waals surface area contributed by atoms with Gasteiger partial charge in [0.05, 0.1) is 12.6 Å². The van der Waals surface area contributed by atoms with Gasteiger partial charge in [0.2, 0.25) is 0 Å². The van der Waals surface area contributed by atoms with Gasteiger partial charge in [-0.1, -0.05) is 34.9 Å². The Bertz CT molecular complexity index is 651. The molecule has 0 radical (unpaired) electrons. The Morgan fingerprint density at radius 3 is 2.83 bits per heavy atom. The first-order chi connectivity index (χ1) is 11.0. The lowest BCUT2D eigenvalue weighted by Crippen LogP contribution is -2.42. The van der Waals surface area contributed by atoms with E-state index in [0.717, 1.165) is 25.8 Å². The lowest BCUT2D eigenvalue weighted by Gasteiger charge is -2.19. The van der Waals surface area contributed by atoms with Crippen LogP contribution in [0, 0.1) is 0 Å². The maximum atomic E-state index is 12.5. The Labute approximate surface area is 139 Å². The first kappa shape index (κ1) is 18.2. The molecule has 1 fully saturated rings. The molecular weight excluding hydrogens is 335 g/mol. The molecule has 23 heavy (non-hydrogen) atoms. The summed E-state index contributed by atoms with van der Waals surface area (Å²) in [5.74, 6) is -0.226. The van der Waals surface area contributed by atoms with Gasteiger partial charge in [-0.25, -0.2) is 13.1 Å². The van der Waals surface area contributed by atoms with Crippen LogP contribution in [0.2, 0.25) is 0 Å². The minimum absolute atomic E-state index is 0.00208. The Balaban J connectivity index is 2.14. The summed E-state index contributed by atoms with van der Waals surface area (Å²) < 4.78 is 34.6. The molecule has 0 spiro atoms. The quantitative estimate of drug-likeness (QED) is 0.595. The van der Waals surface area contributed by atoms with E-state index in [9.17, 15) is 13.2 Å². The standard InChI is InChI=1S/C15H23N2O4PS/c1-2-3-11-21-13-8-4-5-9-14(13)23(19,20)16-15(18)12-7-6-10-17(12)22/h4-5,8-9,12H,2-3,6-7,10-11,22H2,1H3,(H,16,18)/t12-/m0/s1. The molecule has 1 N–H and O–H groups in total. The van der Waals surface area contributed by atoms with Crippen LogP contribution >= 0.6 is 9.39 Å². The second-order valence-corrected chi connectivity index (χ2v) is 7.83. The highest BCUT2D eigenvalue weighted by molar-refractivity contribution is 7.90. The van der Waals surface area contributed by atoms with Gasteiger partial charge < -0.3 is 4.74 Å². The van der Waals surface area contributed by atoms with E-state index in [-0.39, 0.29) is 10.6 Å². The van der Waals surface area contributed by atoms with E-state index < -0.39 is 22.0 Å². The van der Waals surface area contributed by atoms with Crippen LogP contribution in [0.5, 0.6) is 5.75 Å². The third-order valence-corrected chi connectivity index (χ3v) is 5.73. The van der Waals surface area contributed by atoms with Crippen molar-refractivity contribution in [3.8, 4) is 5.75 Å². The summed E-state index contributed by atoms with van der Waals surface area (Å²) in [6, 6.07) is 5.95. The Morgan fingerprint density at radius 2 is 2.17 bits per heavy atom. The zero-order valence-corrected chi connectivity index (χ0v) is 15.2. The molecule has 0 bridgehead atoms. The van der Waals surface area contributed by atoms with E-state index >= 15 is 0 Å². The topological polar surface area (TPSA) is 75.7 Å². The molecule has 1 unspecified atom stereocenters. The van der Waals surface area contributed by atoms with Crippen molar-refractivity contribution in [3.05, 3.63) is 24.3 Å². The lowest BCUT2D eigenvalue weighted by molar-refractivity contribution is -0.122. The predicted octanol–water partition coefficient (Wildman–Crippen LogP) is 1.92. The zero-order chi connectivity index (χ0) is 16.9. The van der Waals surface area contributed by atoms with Crippen molar-refractivity contribution in [2.75, 3.05) is 13.2 Å². The second kappa shape index (κ2) is 8.08. The molecule has 1 amide bonds. The highest BCUT2D eigenvalue weighted by Gasteiger charge is 2.31. The Morgan fingerprint density at radius 1 is 1.43 bits per heavy atom. The van der Waals surface area contributed by atoms with Crippen molar-refractivity contribution in [3.63, 3.8) is 0 Å². The number of carbonyl (C=O) groups is 1. The average molecular weight is 358 g/mol. The molecule has 0 aliphatic carbocycles. The number of rotatable bonds is 7. The lowest BCUT2D eigenvalue weighted by atomic mass is 10.2. The predicted molar refractivity (Wildman–Crippen MR) is 91.6 cm³/mol. The number of ether oxygens (including phenoxy) is 1. The third-order valence-electron chi connectivity index (χ3n) is 3.73. The largest absolute Gasteiger partial charge is 0.492 e. The molecule has 0 saturated carbocycles. The van der Waals surface area contributed by atoms with E-state index in [2.05, 4.69) is 14.1 Å². The van der Waals surface area contributed by atoms with Crippen LogP contribution in [-0.2, 0) is 14.8 Å². The highest BCUT2D eigenvalue weighted by atomic mass is 32.2. The number of sulfonamides is 1. The van der Waals surface area contributed by atoms with Crippen LogP contribution in [0.3, 0.4) is 0 Å². The molecule has 1 aliphatic rings. The summed E-state index contributed by atoms with van der Waals surface area (Å²) in [4.78, 5) is 12.2. The van der Waals surface area contributed by atoms with Crippen LogP contribution in [0.1, 0.15) is 32.6 Å². The number of hydrogen-bond donors (Lipinski definition) is 1. The monoisotopic (exact) mass is 358 g/mol. The van der Waals surface area contributed by atoms with E-state index in [1.807, 2.05) is 6.92 Å². The molecule has 1 heterocycles. The maximum Gasteiger partial charge on any atom is 0.267 e. The summed E-state index contributed by atoms with van der Waals surface area (Å²) in [5.41, 5.74) is 0. The Hall–Kier alpha value is -1.17. The molecule has 1 aliphatic heterocycles. The maximum absolute atomic E-state index is 12.5. The van der Waals surface area contributed by atoms with Gasteiger partial charge >= 0.3 is 0 Å². The molecule has 1 aromatic rings. The molecule has 1 saturated heterocycles. The molecule has 8 heteroatoms. The first-order valence-electron chi connectivity index (χ1n) is 7.75. The average Bonchev–Trinajstić information content (AvgIpc) is 2.94. The van der Waals surface area contributed by atoms with E-state index in [1.165, 1.54) is 6.07 Å². The third kappa shape index (κ3) is 4.66. The number of amides is 1. The minimum Gasteiger partial charge on any atom is -0.492 e. The van der Waals surface area contributed by atoms with Gasteiger partial charge in [-0.2, -0.15) is 0 Å². The SMILES string of the molecule is CCCCOc1ccccc1S(=O)(=O)NC(=O)[C@@H]1CCCN1P. The molecule has 0 aromatic heterocycles. The Kier molecular flexibility index (Phi) is 6.39. The molecule has 2 rings (SSSR count). The fourth-order valence-corrected chi connectivity index (χ4v) is 4.07. The van der Waals surface area contributed by atoms with Crippen molar-refractivity contribution in [2.45, 2.75) is 43.5 Å². The van der Waals surface area contributed by atoms with Crippen LogP contribution in [0.15, 0.2) is 29.2 Å². The molecule has 6 nitrogen and oxygen atoms in total. The summed E-state index contributed by atoms with van der Waals surface area (Å²) >= 11 is 0. The molecular formula is C15H23N2O4PS. The van der Waals surface area contributed by atoms with Gasteiger partial charge in [0.1, 0.15) is 10.6 Å². The van der Waals surface area contributed by atoms with Gasteiger partial charge in [0.15, 0.2) is 0 Å². The van der Waals surface area contributed by atoms with Gasteiger partial charge in [-0.3, -0.25) is 9.46 Å². The second-order valence-electron chi connectivity index (χ2n) is 5.51. The first-order valence-corrected chi connectivity index (χ1v) is 9.75. The number of para-hydroxylation sites is 1. The van der Waals surface area contributed by atoms with Crippen LogP contribution in [-0.4, -0.2) is 38.2 Å². The fraction of sp³-hybridized carbons (Fsp3) is 0.533. The van der Waals surface area contributed by atoms with Gasteiger partial charge in [-0.15, -0.1) is 0 Å². The van der Waals surface area contributed by atoms with Crippen molar-refractivity contribution < 1.29 is 17.9 Å². The number of nitrogens with zero attached hydrogens (tertiary/aromatic N) is 1. The smallest absolute Gasteiger partial charge is 0.267 e. The van der Waals surface area contributed by atoms with Crippen molar-refractivity contribution in [1.82, 2.24) is 9.39 Å². The normalized spacial score (nSPS) is 18.8. The van der Waals surface area contributed by atoms with Crippen molar-refractivity contribution in [2.24, 2.45) is 0 Å². The number of carbonyl (C=O) groups excluding carboxylic acids is 1. The van der Waals surface area contributed by atoms with E-state index in [0.29, 0.717) is 13.0 Å². The van der Waals surface area contributed by atoms with Crippen molar-refractivity contribution >= 4 is 25.3 Å². The number of hydrogen-bond acceptors (Lipinski definition) is 5. The summed E-state index contributed by atoms with van der Waals surface area (Å²) in [6.07, 6.45) is 3.32. The van der Waals surface area contributed by atoms with E-state index in [1.54, 1.807) is 22.9 Å². The number of unbranched alkanes of at least 4 members (excludes halogenated alkanes) is 1. The number of nitrogens with one attached hydrogen (secondary N) is 1. The summed E-state index contributed by atoms with van der Waals surface area (Å²) in [7, 11) is -1.48. The zero-order valence-electron chi connectivity index (χ0n) is 13.2. The van der Waals surface area contributed by atoms with E-state index in [4.69, 9.17) is 4.74 Å². The van der Waals surface area contributed by atoms with Gasteiger partial charge in [0, 0.05) is 6.54 Å². The van der Waals surface area contributed by atoms with Crippen molar-refractivity contribution in [1.29, 1.82) is 0 Å². The molecule has 128 valence electrons. The summed E-state index contributed by atoms with van der Waals surface area (Å²) in [5, 5.41) is 0.